The minimum absolute atomic E-state index is 0.374. The van der Waals surface area contributed by atoms with Crippen molar-refractivity contribution in [1.82, 2.24) is 14.9 Å². The van der Waals surface area contributed by atoms with E-state index in [0.717, 1.165) is 18.0 Å². The number of carboxylic acids is 1. The number of rotatable bonds is 6. The van der Waals surface area contributed by atoms with Crippen LogP contribution < -0.4 is 5.32 Å². The molecule has 1 aromatic heterocycles. The summed E-state index contributed by atoms with van der Waals surface area (Å²) in [5.74, 6) is -1.56. The largest absolute Gasteiger partial charge is 0.479 e. The molecular weight excluding hydrogens is 290 g/mol. The second kappa shape index (κ2) is 6.94. The first-order chi connectivity index (χ1) is 10.1. The third-order valence-electron chi connectivity index (χ3n) is 2.90. The average Bonchev–Trinajstić information content (AvgIpc) is 2.94. The first-order valence-corrected chi connectivity index (χ1v) is 7.30. The maximum atomic E-state index is 12.2. The van der Waals surface area contributed by atoms with E-state index < -0.39 is 17.9 Å². The molecule has 1 unspecified atom stereocenters. The Kier molecular flexibility index (Phi) is 4.99. The van der Waals surface area contributed by atoms with Gasteiger partial charge in [-0.1, -0.05) is 48.2 Å². The van der Waals surface area contributed by atoms with E-state index in [1.165, 1.54) is 0 Å². The van der Waals surface area contributed by atoms with Gasteiger partial charge in [-0.25, -0.2) is 4.79 Å². The van der Waals surface area contributed by atoms with Gasteiger partial charge in [0.2, 0.25) is 0 Å². The molecule has 1 amide bonds. The second-order valence-corrected chi connectivity index (χ2v) is 5.21. The van der Waals surface area contributed by atoms with Crippen LogP contribution in [0.2, 0.25) is 0 Å². The van der Waals surface area contributed by atoms with Gasteiger partial charge in [-0.15, -0.1) is 5.10 Å². The van der Waals surface area contributed by atoms with Crippen molar-refractivity contribution in [3.63, 3.8) is 0 Å². The van der Waals surface area contributed by atoms with Crippen molar-refractivity contribution < 1.29 is 14.7 Å². The molecule has 0 aliphatic heterocycles. The fraction of sp³-hybridized carbons (Fsp3) is 0.286. The molecule has 0 spiro atoms. The van der Waals surface area contributed by atoms with E-state index in [-0.39, 0.29) is 0 Å². The van der Waals surface area contributed by atoms with E-state index in [4.69, 9.17) is 0 Å². The van der Waals surface area contributed by atoms with Gasteiger partial charge in [0.15, 0.2) is 6.04 Å². The molecule has 2 rings (SSSR count). The van der Waals surface area contributed by atoms with Crippen LogP contribution in [0.1, 0.15) is 40.3 Å². The van der Waals surface area contributed by atoms with Gasteiger partial charge in [-0.3, -0.25) is 4.79 Å². The maximum Gasteiger partial charge on any atom is 0.330 e. The van der Waals surface area contributed by atoms with Crippen LogP contribution in [0.15, 0.2) is 30.3 Å². The highest BCUT2D eigenvalue weighted by Crippen LogP contribution is 2.17. The van der Waals surface area contributed by atoms with E-state index in [9.17, 15) is 14.7 Å². The van der Waals surface area contributed by atoms with Gasteiger partial charge in [0, 0.05) is 0 Å². The summed E-state index contributed by atoms with van der Waals surface area (Å²) in [6.07, 6.45) is 1.48. The molecule has 21 heavy (non-hydrogen) atoms. The first-order valence-electron chi connectivity index (χ1n) is 6.53. The molecule has 0 saturated heterocycles. The number of hydrogen-bond acceptors (Lipinski definition) is 5. The number of carbonyl (C=O) groups is 2. The highest BCUT2D eigenvalue weighted by atomic mass is 32.1. The summed E-state index contributed by atoms with van der Waals surface area (Å²) in [4.78, 5) is 24.0. The molecule has 0 bridgehead atoms. The number of nitrogens with one attached hydrogen (secondary N) is 1. The smallest absolute Gasteiger partial charge is 0.330 e. The zero-order valence-electron chi connectivity index (χ0n) is 11.4. The van der Waals surface area contributed by atoms with Crippen molar-refractivity contribution in [2.75, 3.05) is 0 Å². The standard InChI is InChI=1S/C14H15N3O3S/c1-2-6-10-12(21-17-16-10)13(18)15-11(14(19)20)9-7-4-3-5-8-9/h3-5,7-8,11H,2,6H2,1H3,(H,15,18)(H,19,20). The molecular formula is C14H15N3O3S. The number of hydrogen-bond donors (Lipinski definition) is 2. The molecule has 0 saturated carbocycles. The number of carbonyl (C=O) groups excluding carboxylic acids is 1. The Labute approximate surface area is 126 Å². The molecule has 110 valence electrons. The topological polar surface area (TPSA) is 92.2 Å². The summed E-state index contributed by atoms with van der Waals surface area (Å²) in [7, 11) is 0. The number of aliphatic carboxylic acids is 1. The number of nitrogens with zero attached hydrogens (tertiary/aromatic N) is 2. The number of benzene rings is 1. The van der Waals surface area contributed by atoms with E-state index in [0.29, 0.717) is 22.6 Å². The van der Waals surface area contributed by atoms with Crippen LogP contribution in [-0.2, 0) is 11.2 Å². The number of amides is 1. The second-order valence-electron chi connectivity index (χ2n) is 4.45. The Balaban J connectivity index is 2.19. The van der Waals surface area contributed by atoms with Gasteiger partial charge >= 0.3 is 5.97 Å². The van der Waals surface area contributed by atoms with E-state index in [2.05, 4.69) is 14.9 Å². The van der Waals surface area contributed by atoms with Crippen molar-refractivity contribution in [3.05, 3.63) is 46.5 Å². The van der Waals surface area contributed by atoms with Crippen molar-refractivity contribution in [1.29, 1.82) is 0 Å². The summed E-state index contributed by atoms with van der Waals surface area (Å²) in [5, 5.41) is 15.7. The Hall–Kier alpha value is -2.28. The summed E-state index contributed by atoms with van der Waals surface area (Å²) >= 11 is 0.980. The van der Waals surface area contributed by atoms with Crippen molar-refractivity contribution >= 4 is 23.4 Å². The van der Waals surface area contributed by atoms with Crippen LogP contribution in [-0.4, -0.2) is 26.6 Å². The van der Waals surface area contributed by atoms with E-state index in [1.54, 1.807) is 30.3 Å². The lowest BCUT2D eigenvalue weighted by Gasteiger charge is -2.14. The first kappa shape index (κ1) is 15.1. The predicted octanol–water partition coefficient (Wildman–Crippen LogP) is 2.05. The molecule has 1 heterocycles. The lowest BCUT2D eigenvalue weighted by Crippen LogP contribution is -2.33. The van der Waals surface area contributed by atoms with Gasteiger partial charge in [0.1, 0.15) is 4.88 Å². The van der Waals surface area contributed by atoms with E-state index in [1.807, 2.05) is 6.92 Å². The van der Waals surface area contributed by atoms with Crippen LogP contribution in [0, 0.1) is 0 Å². The van der Waals surface area contributed by atoms with Crippen LogP contribution in [0.4, 0.5) is 0 Å². The van der Waals surface area contributed by atoms with Gasteiger partial charge in [0.25, 0.3) is 5.91 Å². The summed E-state index contributed by atoms with van der Waals surface area (Å²) < 4.78 is 3.77. The molecule has 0 aliphatic carbocycles. The van der Waals surface area contributed by atoms with Crippen molar-refractivity contribution in [2.45, 2.75) is 25.8 Å². The molecule has 0 aliphatic rings. The molecule has 1 atom stereocenters. The fourth-order valence-electron chi connectivity index (χ4n) is 1.91. The van der Waals surface area contributed by atoms with Crippen molar-refractivity contribution in [2.24, 2.45) is 0 Å². The zero-order valence-corrected chi connectivity index (χ0v) is 12.3. The monoisotopic (exact) mass is 305 g/mol. The minimum Gasteiger partial charge on any atom is -0.479 e. The van der Waals surface area contributed by atoms with Crippen LogP contribution in [0.25, 0.3) is 0 Å². The number of carboxylic acid groups (broad SMARTS) is 1. The average molecular weight is 305 g/mol. The quantitative estimate of drug-likeness (QED) is 0.852. The third kappa shape index (κ3) is 3.63. The fourth-order valence-corrected chi connectivity index (χ4v) is 2.52. The van der Waals surface area contributed by atoms with Crippen LogP contribution in [0.3, 0.4) is 0 Å². The molecule has 6 nitrogen and oxygen atoms in total. The molecule has 0 fully saturated rings. The zero-order chi connectivity index (χ0) is 15.2. The SMILES string of the molecule is CCCc1nnsc1C(=O)NC(C(=O)O)c1ccccc1. The highest BCUT2D eigenvalue weighted by Gasteiger charge is 2.25. The summed E-state index contributed by atoms with van der Waals surface area (Å²) in [6, 6.07) is 7.49. The predicted molar refractivity (Wildman–Crippen MR) is 78.2 cm³/mol. The normalized spacial score (nSPS) is 11.9. The van der Waals surface area contributed by atoms with Gasteiger partial charge in [-0.05, 0) is 23.5 Å². The van der Waals surface area contributed by atoms with Gasteiger partial charge in [0.05, 0.1) is 5.69 Å². The Morgan fingerprint density at radius 1 is 1.33 bits per heavy atom. The number of aromatic nitrogens is 2. The highest BCUT2D eigenvalue weighted by molar-refractivity contribution is 7.08. The maximum absolute atomic E-state index is 12.2. The Morgan fingerprint density at radius 3 is 2.67 bits per heavy atom. The lowest BCUT2D eigenvalue weighted by molar-refractivity contribution is -0.139. The summed E-state index contributed by atoms with van der Waals surface area (Å²) in [5.41, 5.74) is 1.13. The van der Waals surface area contributed by atoms with Crippen molar-refractivity contribution in [3.8, 4) is 0 Å². The summed E-state index contributed by atoms with van der Waals surface area (Å²) in [6.45, 7) is 1.98. The third-order valence-corrected chi connectivity index (χ3v) is 3.67. The molecule has 1 aromatic carbocycles. The Morgan fingerprint density at radius 2 is 2.05 bits per heavy atom. The van der Waals surface area contributed by atoms with E-state index >= 15 is 0 Å². The lowest BCUT2D eigenvalue weighted by atomic mass is 10.1. The molecule has 0 radical (unpaired) electrons. The minimum atomic E-state index is -1.11. The molecule has 7 heteroatoms. The molecule has 2 N–H and O–H groups in total. The van der Waals surface area contributed by atoms with Gasteiger partial charge in [-0.2, -0.15) is 0 Å². The molecule has 2 aromatic rings. The number of aryl methyl sites for hydroxylation is 1. The van der Waals surface area contributed by atoms with Crippen LogP contribution in [0.5, 0.6) is 0 Å². The van der Waals surface area contributed by atoms with Crippen LogP contribution >= 0.6 is 11.5 Å². The Bertz CT molecular complexity index is 627. The van der Waals surface area contributed by atoms with Gasteiger partial charge < -0.3 is 10.4 Å².